The lowest BCUT2D eigenvalue weighted by atomic mass is 10.2. The summed E-state index contributed by atoms with van der Waals surface area (Å²) >= 11 is 1.60. The summed E-state index contributed by atoms with van der Waals surface area (Å²) in [6.07, 6.45) is 0. The number of hydrogen-bond donors (Lipinski definition) is 2. The highest BCUT2D eigenvalue weighted by Crippen LogP contribution is 2.28. The molecule has 2 rings (SSSR count). The van der Waals surface area contributed by atoms with Crippen molar-refractivity contribution in [3.63, 3.8) is 0 Å². The Kier molecular flexibility index (Phi) is 5.81. The van der Waals surface area contributed by atoms with Crippen molar-refractivity contribution in [3.05, 3.63) is 45.1 Å². The first kappa shape index (κ1) is 17.8. The molecule has 1 heterocycles. The minimum atomic E-state index is -0.560. The highest BCUT2D eigenvalue weighted by atomic mass is 32.1. The van der Waals surface area contributed by atoms with Gasteiger partial charge in [0.05, 0.1) is 12.7 Å². The van der Waals surface area contributed by atoms with Crippen LogP contribution in [0.5, 0.6) is 11.5 Å². The van der Waals surface area contributed by atoms with Gasteiger partial charge in [-0.1, -0.05) is 6.07 Å². The lowest BCUT2D eigenvalue weighted by Crippen LogP contribution is -2.23. The molecule has 3 N–H and O–H groups in total. The van der Waals surface area contributed by atoms with Crippen LogP contribution in [0.1, 0.15) is 25.7 Å². The van der Waals surface area contributed by atoms with E-state index in [1.54, 1.807) is 29.5 Å². The molecule has 0 radical (unpaired) electrons. The number of ether oxygens (including phenoxy) is 2. The zero-order valence-electron chi connectivity index (χ0n) is 13.8. The molecule has 1 aromatic carbocycles. The van der Waals surface area contributed by atoms with Crippen molar-refractivity contribution < 1.29 is 19.1 Å². The number of thiophene rings is 1. The Morgan fingerprint density at radius 3 is 2.54 bits per heavy atom. The van der Waals surface area contributed by atoms with Crippen LogP contribution in [0.25, 0.3) is 0 Å². The topological polar surface area (TPSA) is 90.7 Å². The van der Waals surface area contributed by atoms with Gasteiger partial charge in [0, 0.05) is 16.3 Å². The van der Waals surface area contributed by atoms with E-state index in [9.17, 15) is 9.59 Å². The summed E-state index contributed by atoms with van der Waals surface area (Å²) in [5, 5.41) is 2.89. The second-order valence-electron chi connectivity index (χ2n) is 5.25. The molecule has 0 aliphatic heterocycles. The molecule has 0 unspecified atom stereocenters. The fraction of sp³-hybridized carbons (Fsp3) is 0.294. The molecule has 0 spiro atoms. The van der Waals surface area contributed by atoms with Crippen LogP contribution >= 0.6 is 11.3 Å². The van der Waals surface area contributed by atoms with Crippen molar-refractivity contribution in [3.8, 4) is 11.5 Å². The fourth-order valence-corrected chi connectivity index (χ4v) is 3.15. The molecular formula is C17H20N2O4S. The van der Waals surface area contributed by atoms with Crippen molar-refractivity contribution in [1.29, 1.82) is 0 Å². The van der Waals surface area contributed by atoms with E-state index >= 15 is 0 Å². The number of methoxy groups -OCH3 is 1. The normalized spacial score (nSPS) is 10.3. The van der Waals surface area contributed by atoms with Crippen LogP contribution in [0.3, 0.4) is 0 Å². The third-order valence-corrected chi connectivity index (χ3v) is 4.30. The Morgan fingerprint density at radius 1 is 1.21 bits per heavy atom. The maximum atomic E-state index is 12.2. The van der Waals surface area contributed by atoms with Gasteiger partial charge in [-0.25, -0.2) is 0 Å². The first-order valence-electron chi connectivity index (χ1n) is 7.34. The van der Waals surface area contributed by atoms with Crippen LogP contribution in [0.15, 0.2) is 24.3 Å². The number of benzene rings is 1. The Labute approximate surface area is 144 Å². The van der Waals surface area contributed by atoms with E-state index in [0.29, 0.717) is 23.6 Å². The largest absolute Gasteiger partial charge is 0.493 e. The third-order valence-electron chi connectivity index (χ3n) is 3.34. The average molecular weight is 348 g/mol. The van der Waals surface area contributed by atoms with Crippen LogP contribution in [-0.2, 0) is 11.3 Å². The Morgan fingerprint density at radius 2 is 1.96 bits per heavy atom. The van der Waals surface area contributed by atoms with E-state index in [1.165, 1.54) is 7.11 Å². The fourth-order valence-electron chi connectivity index (χ4n) is 2.22. The summed E-state index contributed by atoms with van der Waals surface area (Å²) in [6.45, 7) is 4.05. The standard InChI is InChI=1S/C17H20N2O4S/c1-10-6-13(11(2)24-10)17(21)19-8-12-4-5-14(15(7-12)22-3)23-9-16(18)20/h4-7H,8-9H2,1-3H3,(H2,18,20)(H,19,21). The van der Waals surface area contributed by atoms with Crippen LogP contribution in [0, 0.1) is 13.8 Å². The molecule has 0 aliphatic rings. The predicted octanol–water partition coefficient (Wildman–Crippen LogP) is 2.17. The molecule has 2 amide bonds. The molecule has 0 atom stereocenters. The van der Waals surface area contributed by atoms with Gasteiger partial charge in [-0.2, -0.15) is 0 Å². The van der Waals surface area contributed by atoms with Crippen LogP contribution < -0.4 is 20.5 Å². The number of primary amides is 1. The van der Waals surface area contributed by atoms with Crippen LogP contribution in [-0.4, -0.2) is 25.5 Å². The van der Waals surface area contributed by atoms with Gasteiger partial charge in [0.15, 0.2) is 18.1 Å². The Hall–Kier alpha value is -2.54. The number of rotatable bonds is 7. The number of nitrogens with two attached hydrogens (primary N) is 1. The van der Waals surface area contributed by atoms with Gasteiger partial charge < -0.3 is 20.5 Å². The molecule has 0 aliphatic carbocycles. The molecule has 0 saturated carbocycles. The summed E-state index contributed by atoms with van der Waals surface area (Å²) in [5.74, 6) is 0.237. The highest BCUT2D eigenvalue weighted by molar-refractivity contribution is 7.12. The van der Waals surface area contributed by atoms with Crippen molar-refractivity contribution in [2.45, 2.75) is 20.4 Å². The third kappa shape index (κ3) is 4.48. The highest BCUT2D eigenvalue weighted by Gasteiger charge is 2.12. The number of hydrogen-bond acceptors (Lipinski definition) is 5. The van der Waals surface area contributed by atoms with Gasteiger partial charge in [0.2, 0.25) is 0 Å². The predicted molar refractivity (Wildman–Crippen MR) is 92.6 cm³/mol. The van der Waals surface area contributed by atoms with E-state index in [4.69, 9.17) is 15.2 Å². The molecule has 2 aromatic rings. The van der Waals surface area contributed by atoms with E-state index in [-0.39, 0.29) is 12.5 Å². The summed E-state index contributed by atoms with van der Waals surface area (Å²) in [4.78, 5) is 25.1. The van der Waals surface area contributed by atoms with E-state index < -0.39 is 5.91 Å². The van der Waals surface area contributed by atoms with Gasteiger partial charge in [0.25, 0.3) is 11.8 Å². The Bertz CT molecular complexity index is 755. The molecular weight excluding hydrogens is 328 g/mol. The molecule has 24 heavy (non-hydrogen) atoms. The van der Waals surface area contributed by atoms with Gasteiger partial charge >= 0.3 is 0 Å². The van der Waals surface area contributed by atoms with Crippen molar-refractivity contribution in [2.75, 3.05) is 13.7 Å². The first-order valence-corrected chi connectivity index (χ1v) is 8.15. The molecule has 7 heteroatoms. The lowest BCUT2D eigenvalue weighted by Gasteiger charge is -2.12. The molecule has 0 bridgehead atoms. The zero-order chi connectivity index (χ0) is 17.7. The van der Waals surface area contributed by atoms with Crippen LogP contribution in [0.2, 0.25) is 0 Å². The van der Waals surface area contributed by atoms with Gasteiger partial charge in [0.1, 0.15) is 0 Å². The van der Waals surface area contributed by atoms with E-state index in [2.05, 4.69) is 5.32 Å². The summed E-state index contributed by atoms with van der Waals surface area (Å²) in [7, 11) is 1.51. The smallest absolute Gasteiger partial charge is 0.255 e. The molecule has 1 aromatic heterocycles. The number of amides is 2. The minimum absolute atomic E-state index is 0.107. The molecule has 128 valence electrons. The summed E-state index contributed by atoms with van der Waals surface area (Å²) in [6, 6.07) is 7.12. The molecule has 6 nitrogen and oxygen atoms in total. The number of aryl methyl sites for hydroxylation is 2. The lowest BCUT2D eigenvalue weighted by molar-refractivity contribution is -0.119. The van der Waals surface area contributed by atoms with Gasteiger partial charge in [-0.15, -0.1) is 11.3 Å². The van der Waals surface area contributed by atoms with Crippen molar-refractivity contribution >= 4 is 23.2 Å². The quantitative estimate of drug-likeness (QED) is 0.802. The summed E-state index contributed by atoms with van der Waals surface area (Å²) < 4.78 is 10.5. The maximum absolute atomic E-state index is 12.2. The van der Waals surface area contributed by atoms with E-state index in [1.807, 2.05) is 19.9 Å². The minimum Gasteiger partial charge on any atom is -0.493 e. The second-order valence-corrected chi connectivity index (χ2v) is 6.71. The number of carbonyl (C=O) groups is 2. The van der Waals surface area contributed by atoms with E-state index in [0.717, 1.165) is 15.3 Å². The second kappa shape index (κ2) is 7.83. The SMILES string of the molecule is COc1cc(CNC(=O)c2cc(C)sc2C)ccc1OCC(N)=O. The van der Waals surface area contributed by atoms with Gasteiger partial charge in [-0.3, -0.25) is 9.59 Å². The van der Waals surface area contributed by atoms with Gasteiger partial charge in [-0.05, 0) is 37.6 Å². The number of nitrogens with one attached hydrogen (secondary N) is 1. The zero-order valence-corrected chi connectivity index (χ0v) is 14.7. The summed E-state index contributed by atoms with van der Waals surface area (Å²) in [5.41, 5.74) is 6.62. The molecule has 0 saturated heterocycles. The maximum Gasteiger partial charge on any atom is 0.255 e. The van der Waals surface area contributed by atoms with Crippen molar-refractivity contribution in [2.24, 2.45) is 5.73 Å². The Balaban J connectivity index is 2.03. The average Bonchev–Trinajstić information content (AvgIpc) is 2.89. The van der Waals surface area contributed by atoms with Crippen molar-refractivity contribution in [1.82, 2.24) is 5.32 Å². The number of carbonyl (C=O) groups excluding carboxylic acids is 2. The van der Waals surface area contributed by atoms with Crippen LogP contribution in [0.4, 0.5) is 0 Å². The monoisotopic (exact) mass is 348 g/mol. The first-order chi connectivity index (χ1) is 11.4. The molecule has 0 fully saturated rings.